The van der Waals surface area contributed by atoms with Crippen LogP contribution in [0.4, 0.5) is 11.4 Å². The van der Waals surface area contributed by atoms with Gasteiger partial charge in [0, 0.05) is 0 Å². The molecular weight excluding hydrogens is 328 g/mol. The fourth-order valence-corrected chi connectivity index (χ4v) is 3.23. The van der Waals surface area contributed by atoms with E-state index in [9.17, 15) is 0 Å². The van der Waals surface area contributed by atoms with Crippen LogP contribution >= 0.6 is 0 Å². The summed E-state index contributed by atoms with van der Waals surface area (Å²) in [6.07, 6.45) is 0. The Morgan fingerprint density at radius 1 is 0.593 bits per heavy atom. The summed E-state index contributed by atoms with van der Waals surface area (Å²) in [6, 6.07) is 14.9. The average Bonchev–Trinajstić information content (AvgIpc) is 2.61. The molecule has 0 spiro atoms. The highest BCUT2D eigenvalue weighted by atomic mass is 14.8. The predicted octanol–water partition coefficient (Wildman–Crippen LogP) is 7.94. The summed E-state index contributed by atoms with van der Waals surface area (Å²) in [6.45, 7) is 17.5. The van der Waals surface area contributed by atoms with Gasteiger partial charge in [-0.1, -0.05) is 77.9 Å². The van der Waals surface area contributed by atoms with Gasteiger partial charge in [-0.15, -0.1) is 0 Å². The van der Waals surface area contributed by atoms with Crippen molar-refractivity contribution in [2.45, 2.75) is 73.1 Å². The van der Waals surface area contributed by atoms with Crippen molar-refractivity contribution < 1.29 is 0 Å². The highest BCUT2D eigenvalue weighted by Gasteiger charge is 2.14. The number of para-hydroxylation sites is 2. The van der Waals surface area contributed by atoms with E-state index in [1.165, 1.54) is 16.7 Å². The van der Waals surface area contributed by atoms with Gasteiger partial charge in [0.15, 0.2) is 0 Å². The normalized spacial score (nSPS) is 13.1. The van der Waals surface area contributed by atoms with Crippen LogP contribution in [0, 0.1) is 0 Å². The number of benzene rings is 2. The zero-order chi connectivity index (χ0) is 20.1. The molecular formula is C25H34N2. The van der Waals surface area contributed by atoms with Crippen LogP contribution in [-0.4, -0.2) is 11.4 Å². The van der Waals surface area contributed by atoms with Gasteiger partial charge in [0.2, 0.25) is 0 Å². The van der Waals surface area contributed by atoms with Gasteiger partial charge < -0.3 is 0 Å². The second-order valence-corrected chi connectivity index (χ2v) is 8.20. The smallest absolute Gasteiger partial charge is 0.0702 e. The van der Waals surface area contributed by atoms with Gasteiger partial charge in [0.1, 0.15) is 0 Å². The lowest BCUT2D eigenvalue weighted by Crippen LogP contribution is -2.06. The first-order valence-corrected chi connectivity index (χ1v) is 10.0. The molecule has 0 heterocycles. The molecule has 2 aromatic rings. The molecule has 27 heavy (non-hydrogen) atoms. The van der Waals surface area contributed by atoms with Crippen molar-refractivity contribution in [1.29, 1.82) is 0 Å². The standard InChI is InChI=1S/C25H34N2/c1-16(2)21-12-9-10-15-24(21)26-19(7)20(8)27-25-22(17(3)4)13-11-14-23(25)18(5)6/h9-18H,1-8H3/b26-19+,27-20+. The Kier molecular flexibility index (Phi) is 7.12. The zero-order valence-electron chi connectivity index (χ0n) is 18.2. The first kappa shape index (κ1) is 21.1. The number of rotatable bonds is 6. The monoisotopic (exact) mass is 362 g/mol. The van der Waals surface area contributed by atoms with E-state index in [1.807, 2.05) is 0 Å². The molecule has 144 valence electrons. The molecule has 0 aliphatic carbocycles. The van der Waals surface area contributed by atoms with Crippen LogP contribution in [0.3, 0.4) is 0 Å². The fourth-order valence-electron chi connectivity index (χ4n) is 3.23. The molecule has 0 N–H and O–H groups in total. The van der Waals surface area contributed by atoms with E-state index in [0.717, 1.165) is 22.8 Å². The van der Waals surface area contributed by atoms with Gasteiger partial charge >= 0.3 is 0 Å². The molecule has 2 nitrogen and oxygen atoms in total. The van der Waals surface area contributed by atoms with Crippen LogP contribution in [0.5, 0.6) is 0 Å². The van der Waals surface area contributed by atoms with Crippen LogP contribution < -0.4 is 0 Å². The fraction of sp³-hybridized carbons (Fsp3) is 0.440. The number of hydrogen-bond acceptors (Lipinski definition) is 2. The number of aliphatic imine (C=N–C) groups is 2. The highest BCUT2D eigenvalue weighted by Crippen LogP contribution is 2.35. The third kappa shape index (κ3) is 5.15. The van der Waals surface area contributed by atoms with Crippen LogP contribution in [0.25, 0.3) is 0 Å². The summed E-state index contributed by atoms with van der Waals surface area (Å²) >= 11 is 0. The maximum Gasteiger partial charge on any atom is 0.0702 e. The first-order chi connectivity index (χ1) is 12.7. The van der Waals surface area contributed by atoms with E-state index in [2.05, 4.69) is 97.9 Å². The quantitative estimate of drug-likeness (QED) is 0.466. The van der Waals surface area contributed by atoms with Crippen molar-refractivity contribution in [3.63, 3.8) is 0 Å². The molecule has 2 aromatic carbocycles. The van der Waals surface area contributed by atoms with Gasteiger partial charge in [-0.2, -0.15) is 0 Å². The molecule has 0 amide bonds. The van der Waals surface area contributed by atoms with Gasteiger partial charge in [-0.25, -0.2) is 0 Å². The predicted molar refractivity (Wildman–Crippen MR) is 121 cm³/mol. The minimum atomic E-state index is 0.439. The lowest BCUT2D eigenvalue weighted by Gasteiger charge is -2.17. The van der Waals surface area contributed by atoms with Gasteiger partial charge in [0.25, 0.3) is 0 Å². The molecule has 2 rings (SSSR count). The Balaban J connectivity index is 2.52. The minimum Gasteiger partial charge on any atom is -0.252 e. The highest BCUT2D eigenvalue weighted by molar-refractivity contribution is 6.41. The van der Waals surface area contributed by atoms with Crippen molar-refractivity contribution in [2.75, 3.05) is 0 Å². The molecule has 0 unspecified atom stereocenters. The molecule has 2 heteroatoms. The zero-order valence-corrected chi connectivity index (χ0v) is 18.2. The van der Waals surface area contributed by atoms with Gasteiger partial charge in [-0.05, 0) is 54.4 Å². The topological polar surface area (TPSA) is 24.7 Å². The summed E-state index contributed by atoms with van der Waals surface area (Å²) in [4.78, 5) is 9.97. The first-order valence-electron chi connectivity index (χ1n) is 10.0. The third-order valence-electron chi connectivity index (χ3n) is 4.99. The molecule has 0 bridgehead atoms. The molecule has 0 radical (unpaired) electrons. The number of nitrogens with zero attached hydrogens (tertiary/aromatic N) is 2. The third-order valence-corrected chi connectivity index (χ3v) is 4.99. The van der Waals surface area contributed by atoms with Crippen molar-refractivity contribution in [3.8, 4) is 0 Å². The Labute approximate surface area is 165 Å². The van der Waals surface area contributed by atoms with E-state index in [4.69, 9.17) is 9.98 Å². The number of hydrogen-bond donors (Lipinski definition) is 0. The Morgan fingerprint density at radius 3 is 1.56 bits per heavy atom. The summed E-state index contributed by atoms with van der Waals surface area (Å²) in [5.41, 5.74) is 7.98. The van der Waals surface area contributed by atoms with Crippen LogP contribution in [0.15, 0.2) is 52.4 Å². The Hall–Kier alpha value is -2.22. The van der Waals surface area contributed by atoms with Crippen molar-refractivity contribution >= 4 is 22.8 Å². The minimum absolute atomic E-state index is 0.439. The molecule has 0 aromatic heterocycles. The SMILES string of the molecule is CC(=N\c1ccccc1C(C)C)/C(C)=N/c1c(C(C)C)cccc1C(C)C. The van der Waals surface area contributed by atoms with E-state index in [1.54, 1.807) is 0 Å². The maximum absolute atomic E-state index is 5.06. The molecule has 0 aliphatic heterocycles. The lowest BCUT2D eigenvalue weighted by molar-refractivity contribution is 0.835. The second kappa shape index (κ2) is 9.12. The molecule has 0 aliphatic rings. The molecule has 0 saturated heterocycles. The summed E-state index contributed by atoms with van der Waals surface area (Å²) in [7, 11) is 0. The molecule has 0 saturated carbocycles. The average molecular weight is 363 g/mol. The summed E-state index contributed by atoms with van der Waals surface area (Å²) in [5.74, 6) is 1.33. The second-order valence-electron chi connectivity index (χ2n) is 8.20. The Bertz CT molecular complexity index is 813. The van der Waals surface area contributed by atoms with Crippen LogP contribution in [0.2, 0.25) is 0 Å². The largest absolute Gasteiger partial charge is 0.252 e. The van der Waals surface area contributed by atoms with Crippen LogP contribution in [-0.2, 0) is 0 Å². The summed E-state index contributed by atoms with van der Waals surface area (Å²) in [5, 5.41) is 0. The summed E-state index contributed by atoms with van der Waals surface area (Å²) < 4.78 is 0. The van der Waals surface area contributed by atoms with E-state index in [-0.39, 0.29) is 0 Å². The molecule has 0 fully saturated rings. The van der Waals surface area contributed by atoms with Crippen molar-refractivity contribution in [1.82, 2.24) is 0 Å². The van der Waals surface area contributed by atoms with Crippen molar-refractivity contribution in [2.24, 2.45) is 9.98 Å². The van der Waals surface area contributed by atoms with Crippen molar-refractivity contribution in [3.05, 3.63) is 59.2 Å². The van der Waals surface area contributed by atoms with E-state index < -0.39 is 0 Å². The maximum atomic E-state index is 5.06. The van der Waals surface area contributed by atoms with E-state index in [0.29, 0.717) is 17.8 Å². The van der Waals surface area contributed by atoms with Gasteiger partial charge in [-0.3, -0.25) is 9.98 Å². The van der Waals surface area contributed by atoms with E-state index >= 15 is 0 Å². The van der Waals surface area contributed by atoms with Crippen LogP contribution in [0.1, 0.15) is 89.8 Å². The van der Waals surface area contributed by atoms with Gasteiger partial charge in [0.05, 0.1) is 22.8 Å². The molecule has 0 atom stereocenters. The Morgan fingerprint density at radius 2 is 1.04 bits per heavy atom. The lowest BCUT2D eigenvalue weighted by atomic mass is 9.93.